The minimum Gasteiger partial charge on any atom is -0.478 e. The fraction of sp³-hybridized carbons (Fsp3) is 0.357. The molecule has 2 rings (SSSR count). The van der Waals surface area contributed by atoms with Gasteiger partial charge >= 0.3 is 0 Å². The molecule has 19 heavy (non-hydrogen) atoms. The maximum Gasteiger partial charge on any atom is 0.226 e. The van der Waals surface area contributed by atoms with Crippen LogP contribution in [-0.2, 0) is 6.54 Å². The molecule has 0 atom stereocenters. The van der Waals surface area contributed by atoms with Crippen molar-refractivity contribution in [2.75, 3.05) is 11.9 Å². The van der Waals surface area contributed by atoms with Gasteiger partial charge in [0, 0.05) is 18.5 Å². The molecule has 0 spiro atoms. The van der Waals surface area contributed by atoms with E-state index in [1.54, 1.807) is 18.5 Å². The molecule has 0 unspecified atom stereocenters. The lowest BCUT2D eigenvalue weighted by Crippen LogP contribution is -2.07. The monoisotopic (exact) mass is 258 g/mol. The van der Waals surface area contributed by atoms with Crippen molar-refractivity contribution in [1.29, 1.82) is 0 Å². The average molecular weight is 258 g/mol. The molecule has 2 aromatic rings. The van der Waals surface area contributed by atoms with Crippen LogP contribution in [0, 0.1) is 6.92 Å². The Morgan fingerprint density at radius 1 is 1.21 bits per heavy atom. The molecule has 0 aliphatic heterocycles. The van der Waals surface area contributed by atoms with E-state index in [1.807, 2.05) is 19.1 Å². The third-order valence-electron chi connectivity index (χ3n) is 2.62. The Balaban J connectivity index is 1.98. The molecule has 2 aromatic heterocycles. The Labute approximate surface area is 113 Å². The molecule has 5 nitrogen and oxygen atoms in total. The third-order valence-corrected chi connectivity index (χ3v) is 2.62. The van der Waals surface area contributed by atoms with Gasteiger partial charge in [-0.3, -0.25) is 4.98 Å². The third kappa shape index (κ3) is 3.91. The Morgan fingerprint density at radius 3 is 2.89 bits per heavy atom. The molecule has 0 aliphatic carbocycles. The summed E-state index contributed by atoms with van der Waals surface area (Å²) < 4.78 is 5.46. The summed E-state index contributed by atoms with van der Waals surface area (Å²) in [5.74, 6) is 1.15. The fourth-order valence-corrected chi connectivity index (χ4v) is 1.58. The van der Waals surface area contributed by atoms with Crippen molar-refractivity contribution in [3.63, 3.8) is 0 Å². The molecule has 0 aliphatic rings. The molecule has 0 amide bonds. The number of pyridine rings is 1. The lowest BCUT2D eigenvalue weighted by atomic mass is 10.2. The lowest BCUT2D eigenvalue weighted by Gasteiger charge is -2.08. The first-order valence-electron chi connectivity index (χ1n) is 6.40. The molecule has 0 radical (unpaired) electrons. The van der Waals surface area contributed by atoms with E-state index in [2.05, 4.69) is 27.2 Å². The molecule has 5 heteroatoms. The summed E-state index contributed by atoms with van der Waals surface area (Å²) in [5, 5.41) is 3.15. The Hall–Kier alpha value is -2.17. The molecular weight excluding hydrogens is 240 g/mol. The SMILES string of the molecule is CCCOc1ccnc(NCc2ncccc2C)n1. The molecule has 0 aromatic carbocycles. The van der Waals surface area contributed by atoms with Gasteiger partial charge in [0.2, 0.25) is 11.8 Å². The first-order chi connectivity index (χ1) is 9.29. The number of nitrogens with one attached hydrogen (secondary N) is 1. The van der Waals surface area contributed by atoms with E-state index in [-0.39, 0.29) is 0 Å². The van der Waals surface area contributed by atoms with Crippen molar-refractivity contribution in [3.8, 4) is 5.88 Å². The van der Waals surface area contributed by atoms with Crippen molar-refractivity contribution in [3.05, 3.63) is 41.9 Å². The standard InChI is InChI=1S/C14H18N4O/c1-3-9-19-13-6-8-16-14(18-13)17-10-12-11(2)5-4-7-15-12/h4-8H,3,9-10H2,1-2H3,(H,16,17,18). The highest BCUT2D eigenvalue weighted by Crippen LogP contribution is 2.10. The van der Waals surface area contributed by atoms with Gasteiger partial charge in [0.1, 0.15) is 0 Å². The second-order valence-corrected chi connectivity index (χ2v) is 4.19. The van der Waals surface area contributed by atoms with Crippen LogP contribution in [0.25, 0.3) is 0 Å². The van der Waals surface area contributed by atoms with Crippen LogP contribution in [0.3, 0.4) is 0 Å². The van der Waals surface area contributed by atoms with E-state index in [0.29, 0.717) is 25.0 Å². The van der Waals surface area contributed by atoms with Crippen molar-refractivity contribution in [2.24, 2.45) is 0 Å². The van der Waals surface area contributed by atoms with Gasteiger partial charge in [-0.15, -0.1) is 0 Å². The van der Waals surface area contributed by atoms with Crippen molar-refractivity contribution >= 4 is 5.95 Å². The quantitative estimate of drug-likeness (QED) is 0.863. The van der Waals surface area contributed by atoms with Gasteiger partial charge in [-0.1, -0.05) is 13.0 Å². The highest BCUT2D eigenvalue weighted by atomic mass is 16.5. The van der Waals surface area contributed by atoms with Crippen molar-refractivity contribution in [1.82, 2.24) is 15.0 Å². The zero-order valence-corrected chi connectivity index (χ0v) is 11.3. The van der Waals surface area contributed by atoms with Gasteiger partial charge in [0.15, 0.2) is 0 Å². The van der Waals surface area contributed by atoms with E-state index >= 15 is 0 Å². The highest BCUT2D eigenvalue weighted by Gasteiger charge is 2.02. The van der Waals surface area contributed by atoms with E-state index in [0.717, 1.165) is 17.7 Å². The summed E-state index contributed by atoms with van der Waals surface area (Å²) in [4.78, 5) is 12.8. The molecule has 2 heterocycles. The maximum atomic E-state index is 5.46. The van der Waals surface area contributed by atoms with E-state index in [4.69, 9.17) is 4.74 Å². The molecule has 0 fully saturated rings. The van der Waals surface area contributed by atoms with Crippen molar-refractivity contribution < 1.29 is 4.74 Å². The Morgan fingerprint density at radius 2 is 2.11 bits per heavy atom. The van der Waals surface area contributed by atoms with E-state index < -0.39 is 0 Å². The minimum absolute atomic E-state index is 0.554. The van der Waals surface area contributed by atoms with E-state index in [9.17, 15) is 0 Å². The number of ether oxygens (including phenoxy) is 1. The van der Waals surface area contributed by atoms with Crippen LogP contribution in [0.5, 0.6) is 5.88 Å². The molecular formula is C14H18N4O. The molecule has 0 bridgehead atoms. The first kappa shape index (κ1) is 13.3. The predicted molar refractivity (Wildman–Crippen MR) is 74.1 cm³/mol. The van der Waals surface area contributed by atoms with Crippen LogP contribution in [0.1, 0.15) is 24.6 Å². The molecule has 1 N–H and O–H groups in total. The number of nitrogens with zero attached hydrogens (tertiary/aromatic N) is 3. The number of anilines is 1. The summed E-state index contributed by atoms with van der Waals surface area (Å²) in [7, 11) is 0. The smallest absolute Gasteiger partial charge is 0.226 e. The second-order valence-electron chi connectivity index (χ2n) is 4.19. The fourth-order valence-electron chi connectivity index (χ4n) is 1.58. The maximum absolute atomic E-state index is 5.46. The van der Waals surface area contributed by atoms with Crippen LogP contribution in [-0.4, -0.2) is 21.6 Å². The van der Waals surface area contributed by atoms with Gasteiger partial charge in [0.25, 0.3) is 0 Å². The largest absolute Gasteiger partial charge is 0.478 e. The second kappa shape index (κ2) is 6.68. The molecule has 0 saturated carbocycles. The normalized spacial score (nSPS) is 10.2. The van der Waals surface area contributed by atoms with Crippen molar-refractivity contribution in [2.45, 2.75) is 26.8 Å². The summed E-state index contributed by atoms with van der Waals surface area (Å²) in [5.41, 5.74) is 2.14. The van der Waals surface area contributed by atoms with Gasteiger partial charge in [-0.25, -0.2) is 4.98 Å². The van der Waals surface area contributed by atoms with Crippen LogP contribution >= 0.6 is 0 Å². The van der Waals surface area contributed by atoms with Crippen LogP contribution in [0.4, 0.5) is 5.95 Å². The van der Waals surface area contributed by atoms with Gasteiger partial charge in [-0.2, -0.15) is 4.98 Å². The minimum atomic E-state index is 0.554. The summed E-state index contributed by atoms with van der Waals surface area (Å²) in [6, 6.07) is 5.72. The van der Waals surface area contributed by atoms with Crippen LogP contribution in [0.15, 0.2) is 30.6 Å². The number of aromatic nitrogens is 3. The topological polar surface area (TPSA) is 59.9 Å². The Bertz CT molecular complexity index is 530. The van der Waals surface area contributed by atoms with E-state index in [1.165, 1.54) is 0 Å². The predicted octanol–water partition coefficient (Wildman–Crippen LogP) is 2.58. The number of hydrogen-bond donors (Lipinski definition) is 1. The van der Waals surface area contributed by atoms with Gasteiger partial charge < -0.3 is 10.1 Å². The molecule has 100 valence electrons. The summed E-state index contributed by atoms with van der Waals surface area (Å²) in [6.07, 6.45) is 4.43. The Kier molecular flexibility index (Phi) is 4.66. The zero-order valence-electron chi connectivity index (χ0n) is 11.3. The van der Waals surface area contributed by atoms with Crippen LogP contribution < -0.4 is 10.1 Å². The number of hydrogen-bond acceptors (Lipinski definition) is 5. The average Bonchev–Trinajstić information content (AvgIpc) is 2.45. The molecule has 0 saturated heterocycles. The van der Waals surface area contributed by atoms with Gasteiger partial charge in [-0.05, 0) is 25.0 Å². The lowest BCUT2D eigenvalue weighted by molar-refractivity contribution is 0.305. The van der Waals surface area contributed by atoms with Crippen LogP contribution in [0.2, 0.25) is 0 Å². The van der Waals surface area contributed by atoms with Gasteiger partial charge in [0.05, 0.1) is 18.8 Å². The number of aryl methyl sites for hydroxylation is 1. The summed E-state index contributed by atoms with van der Waals surface area (Å²) in [6.45, 7) is 5.36. The highest BCUT2D eigenvalue weighted by molar-refractivity contribution is 5.30. The summed E-state index contributed by atoms with van der Waals surface area (Å²) >= 11 is 0. The first-order valence-corrected chi connectivity index (χ1v) is 6.40. The number of rotatable bonds is 6. The zero-order chi connectivity index (χ0) is 13.5.